The van der Waals surface area contributed by atoms with Gasteiger partial charge in [-0.25, -0.2) is 14.8 Å². The molecule has 3 aromatic rings. The minimum atomic E-state index is -0.565. The normalized spacial score (nSPS) is 15.5. The Kier molecular flexibility index (Phi) is 3.71. The van der Waals surface area contributed by atoms with Gasteiger partial charge in [-0.2, -0.15) is 5.26 Å². The molecule has 6 nitrogen and oxygen atoms in total. The molecule has 3 heterocycles. The zero-order valence-corrected chi connectivity index (χ0v) is 13.5. The van der Waals surface area contributed by atoms with E-state index >= 15 is 0 Å². The van der Waals surface area contributed by atoms with Gasteiger partial charge >= 0.3 is 5.97 Å². The molecule has 0 amide bonds. The topological polar surface area (TPSA) is 89.0 Å². The van der Waals surface area contributed by atoms with Gasteiger partial charge in [0.15, 0.2) is 5.76 Å². The number of carbonyl (C=O) groups is 1. The maximum absolute atomic E-state index is 12.4. The first-order valence-corrected chi connectivity index (χ1v) is 7.85. The summed E-state index contributed by atoms with van der Waals surface area (Å²) in [4.78, 5) is 20.7. The molecule has 25 heavy (non-hydrogen) atoms. The number of carbonyl (C=O) groups excluding carboxylic acids is 1. The molecule has 0 spiro atoms. The van der Waals surface area contributed by atoms with Crippen molar-refractivity contribution in [3.05, 3.63) is 70.3 Å². The van der Waals surface area contributed by atoms with Gasteiger partial charge in [-0.15, -0.1) is 0 Å². The van der Waals surface area contributed by atoms with Gasteiger partial charge in [0.1, 0.15) is 23.1 Å². The molecular weight excluding hydrogens is 342 g/mol. The largest absolute Gasteiger partial charge is 0.463 e. The number of hydrogen-bond donors (Lipinski definition) is 0. The number of nitriles is 1. The summed E-state index contributed by atoms with van der Waals surface area (Å²) in [7, 11) is 0. The van der Waals surface area contributed by atoms with E-state index in [1.54, 1.807) is 24.3 Å². The monoisotopic (exact) mass is 351 g/mol. The first kappa shape index (κ1) is 15.4. The number of benzene rings is 1. The van der Waals surface area contributed by atoms with Crippen LogP contribution < -0.4 is 0 Å². The summed E-state index contributed by atoms with van der Waals surface area (Å²) in [5.74, 6) is -0.0757. The number of esters is 1. The lowest BCUT2D eigenvalue weighted by molar-refractivity contribution is 0.0382. The molecule has 0 radical (unpaired) electrons. The van der Waals surface area contributed by atoms with Crippen molar-refractivity contribution < 1.29 is 13.9 Å². The number of hydrogen-bond acceptors (Lipinski definition) is 6. The zero-order valence-electron chi connectivity index (χ0n) is 12.8. The van der Waals surface area contributed by atoms with Crippen LogP contribution in [0.25, 0.3) is 11.5 Å². The molecule has 0 N–H and O–H groups in total. The van der Waals surface area contributed by atoms with Crippen molar-refractivity contribution in [2.24, 2.45) is 0 Å². The van der Waals surface area contributed by atoms with Crippen LogP contribution >= 0.6 is 11.6 Å². The highest BCUT2D eigenvalue weighted by Crippen LogP contribution is 2.37. The Morgan fingerprint density at radius 1 is 1.20 bits per heavy atom. The van der Waals surface area contributed by atoms with Gasteiger partial charge in [-0.3, -0.25) is 0 Å². The van der Waals surface area contributed by atoms with Crippen molar-refractivity contribution in [2.75, 3.05) is 0 Å². The number of aromatic nitrogens is 2. The van der Waals surface area contributed by atoms with Crippen molar-refractivity contribution in [1.82, 2.24) is 9.97 Å². The summed E-state index contributed by atoms with van der Waals surface area (Å²) in [6.45, 7) is 0. The third kappa shape index (κ3) is 2.75. The van der Waals surface area contributed by atoms with E-state index in [9.17, 15) is 4.79 Å². The summed E-state index contributed by atoms with van der Waals surface area (Å²) >= 11 is 6.03. The molecule has 0 aliphatic carbocycles. The molecule has 0 bridgehead atoms. The molecule has 122 valence electrons. The van der Waals surface area contributed by atoms with Gasteiger partial charge < -0.3 is 9.15 Å². The summed E-state index contributed by atoms with van der Waals surface area (Å²) in [5.41, 5.74) is 2.53. The van der Waals surface area contributed by atoms with E-state index in [2.05, 4.69) is 16.0 Å². The minimum absolute atomic E-state index is 0.0216. The standard InChI is InChI=1S/C18H10ClN3O3/c19-18-21-15(12-2-1-7-24-12)14-16(22-18)13(25-17(14)23)8-10-3-5-11(9-20)6-4-10/h1-7,13H,8H2. The van der Waals surface area contributed by atoms with Crippen LogP contribution in [0.15, 0.2) is 47.1 Å². The summed E-state index contributed by atoms with van der Waals surface area (Å²) in [6, 6.07) is 12.5. The number of furan rings is 1. The number of halogens is 1. The molecule has 0 saturated carbocycles. The summed E-state index contributed by atoms with van der Waals surface area (Å²) in [6.07, 6.45) is 1.35. The number of nitrogens with zero attached hydrogens (tertiary/aromatic N) is 3. The molecule has 1 aliphatic heterocycles. The van der Waals surface area contributed by atoms with Crippen LogP contribution in [0.4, 0.5) is 0 Å². The fourth-order valence-corrected chi connectivity index (χ4v) is 2.96. The van der Waals surface area contributed by atoms with Gasteiger partial charge in [0, 0.05) is 6.42 Å². The van der Waals surface area contributed by atoms with Gasteiger partial charge in [0.05, 0.1) is 17.9 Å². The minimum Gasteiger partial charge on any atom is -0.463 e. The van der Waals surface area contributed by atoms with E-state index in [-0.39, 0.29) is 10.8 Å². The lowest BCUT2D eigenvalue weighted by Crippen LogP contribution is -2.04. The molecular formula is C18H10ClN3O3. The van der Waals surface area contributed by atoms with Gasteiger partial charge in [0.2, 0.25) is 5.28 Å². The lowest BCUT2D eigenvalue weighted by Gasteiger charge is -2.10. The average Bonchev–Trinajstić information content (AvgIpc) is 3.24. The molecule has 0 fully saturated rings. The van der Waals surface area contributed by atoms with Crippen LogP contribution in [0.3, 0.4) is 0 Å². The Bertz CT molecular complexity index is 992. The number of ether oxygens (including phenoxy) is 1. The van der Waals surface area contributed by atoms with Crippen LogP contribution in [0.5, 0.6) is 0 Å². The second-order valence-electron chi connectivity index (χ2n) is 5.49. The molecule has 1 unspecified atom stereocenters. The van der Waals surface area contributed by atoms with Crippen LogP contribution in [-0.2, 0) is 11.2 Å². The van der Waals surface area contributed by atoms with E-state index in [1.165, 1.54) is 6.26 Å². The third-order valence-electron chi connectivity index (χ3n) is 3.93. The smallest absolute Gasteiger partial charge is 0.343 e. The Morgan fingerprint density at radius 2 is 2.00 bits per heavy atom. The molecule has 1 aliphatic rings. The SMILES string of the molecule is N#Cc1ccc(CC2OC(=O)c3c(-c4ccco4)nc(Cl)nc32)cc1. The molecule has 0 saturated heterocycles. The van der Waals surface area contributed by atoms with Crippen molar-refractivity contribution in [2.45, 2.75) is 12.5 Å². The lowest BCUT2D eigenvalue weighted by atomic mass is 10.0. The Labute approximate surface area is 147 Å². The first-order valence-electron chi connectivity index (χ1n) is 7.47. The average molecular weight is 352 g/mol. The fraction of sp³-hybridized carbons (Fsp3) is 0.111. The van der Waals surface area contributed by atoms with Gasteiger partial charge in [-0.05, 0) is 41.4 Å². The maximum atomic E-state index is 12.4. The molecule has 7 heteroatoms. The second-order valence-corrected chi connectivity index (χ2v) is 5.82. The number of cyclic esters (lactones) is 1. The number of rotatable bonds is 3. The highest BCUT2D eigenvalue weighted by atomic mass is 35.5. The van der Waals surface area contributed by atoms with Crippen LogP contribution in [-0.4, -0.2) is 15.9 Å². The Hall–Kier alpha value is -3.17. The zero-order chi connectivity index (χ0) is 17.4. The van der Waals surface area contributed by atoms with Gasteiger partial charge in [0.25, 0.3) is 0 Å². The molecule has 2 aromatic heterocycles. The predicted octanol–water partition coefficient (Wildman–Crippen LogP) is 3.72. The first-order chi connectivity index (χ1) is 12.2. The third-order valence-corrected chi connectivity index (χ3v) is 4.10. The van der Waals surface area contributed by atoms with Crippen molar-refractivity contribution >= 4 is 17.6 Å². The predicted molar refractivity (Wildman–Crippen MR) is 87.8 cm³/mol. The quantitative estimate of drug-likeness (QED) is 0.527. The molecule has 4 rings (SSSR count). The van der Waals surface area contributed by atoms with E-state index in [4.69, 9.17) is 26.0 Å². The van der Waals surface area contributed by atoms with E-state index in [0.717, 1.165) is 5.56 Å². The molecule has 1 atom stereocenters. The van der Waals surface area contributed by atoms with Gasteiger partial charge in [-0.1, -0.05) is 12.1 Å². The highest BCUT2D eigenvalue weighted by molar-refractivity contribution is 6.28. The van der Waals surface area contributed by atoms with Crippen molar-refractivity contribution in [3.63, 3.8) is 0 Å². The van der Waals surface area contributed by atoms with Crippen molar-refractivity contribution in [3.8, 4) is 17.5 Å². The van der Waals surface area contributed by atoms with Crippen LogP contribution in [0.2, 0.25) is 5.28 Å². The Morgan fingerprint density at radius 3 is 2.68 bits per heavy atom. The van der Waals surface area contributed by atoms with E-state index < -0.39 is 12.1 Å². The maximum Gasteiger partial charge on any atom is 0.343 e. The van der Waals surface area contributed by atoms with Crippen LogP contribution in [0, 0.1) is 11.3 Å². The van der Waals surface area contributed by atoms with E-state index in [0.29, 0.717) is 29.1 Å². The van der Waals surface area contributed by atoms with Crippen molar-refractivity contribution in [1.29, 1.82) is 5.26 Å². The van der Waals surface area contributed by atoms with Crippen LogP contribution in [0.1, 0.15) is 33.3 Å². The highest BCUT2D eigenvalue weighted by Gasteiger charge is 2.37. The molecule has 1 aromatic carbocycles. The second kappa shape index (κ2) is 6.04. The van der Waals surface area contributed by atoms with E-state index in [1.807, 2.05) is 12.1 Å². The summed E-state index contributed by atoms with van der Waals surface area (Å²) in [5, 5.41) is 8.89. The Balaban J connectivity index is 1.73. The summed E-state index contributed by atoms with van der Waals surface area (Å²) < 4.78 is 10.8. The fourth-order valence-electron chi connectivity index (χ4n) is 2.79. The number of fused-ring (bicyclic) bond motifs is 1.